The van der Waals surface area contributed by atoms with Gasteiger partial charge in [0.05, 0.1) is 12.2 Å². The first-order valence-electron chi connectivity index (χ1n) is 7.30. The van der Waals surface area contributed by atoms with E-state index in [1.54, 1.807) is 0 Å². The molecule has 1 fully saturated rings. The molecule has 0 bridgehead atoms. The van der Waals surface area contributed by atoms with Crippen molar-refractivity contribution in [1.82, 2.24) is 0 Å². The molecule has 1 heterocycles. The number of benzene rings is 2. The number of fused-ring (bicyclic) bond motifs is 1. The van der Waals surface area contributed by atoms with E-state index in [-0.39, 0.29) is 12.2 Å². The molecule has 3 rings (SSSR count). The second-order valence-corrected chi connectivity index (χ2v) is 5.66. The second kappa shape index (κ2) is 5.43. The van der Waals surface area contributed by atoms with E-state index in [4.69, 9.17) is 10.5 Å². The lowest BCUT2D eigenvalue weighted by Gasteiger charge is -2.37. The lowest BCUT2D eigenvalue weighted by atomic mass is 10.0. The molecule has 1 saturated heterocycles. The average Bonchev–Trinajstić information content (AvgIpc) is 2.45. The van der Waals surface area contributed by atoms with E-state index >= 15 is 0 Å². The van der Waals surface area contributed by atoms with Crippen molar-refractivity contribution >= 4 is 16.5 Å². The number of anilines is 1. The third-order valence-electron chi connectivity index (χ3n) is 3.97. The fourth-order valence-corrected chi connectivity index (χ4v) is 3.17. The Hall–Kier alpha value is -1.58. The number of ether oxygens (including phenoxy) is 1. The summed E-state index contributed by atoms with van der Waals surface area (Å²) in [7, 11) is 0. The van der Waals surface area contributed by atoms with Gasteiger partial charge in [-0.15, -0.1) is 0 Å². The van der Waals surface area contributed by atoms with Gasteiger partial charge in [-0.1, -0.05) is 30.3 Å². The Morgan fingerprint density at radius 1 is 1.05 bits per heavy atom. The molecule has 2 atom stereocenters. The van der Waals surface area contributed by atoms with Crippen LogP contribution in [0.3, 0.4) is 0 Å². The van der Waals surface area contributed by atoms with Crippen LogP contribution in [-0.4, -0.2) is 25.3 Å². The zero-order valence-corrected chi connectivity index (χ0v) is 12.2. The Labute approximate surface area is 120 Å². The van der Waals surface area contributed by atoms with E-state index in [0.29, 0.717) is 6.54 Å². The first kappa shape index (κ1) is 13.4. The highest BCUT2D eigenvalue weighted by Crippen LogP contribution is 2.31. The van der Waals surface area contributed by atoms with Gasteiger partial charge in [0.25, 0.3) is 0 Å². The highest BCUT2D eigenvalue weighted by molar-refractivity contribution is 5.96. The standard InChI is InChI=1S/C17H22N2O/c1-12-10-19(11-13(2)20-12)17-8-7-14(9-18)15-5-3-4-6-16(15)17/h3-8,12-13H,9-11,18H2,1-2H3/t12-,13+. The van der Waals surface area contributed by atoms with Gasteiger partial charge in [0.15, 0.2) is 0 Å². The predicted molar refractivity (Wildman–Crippen MR) is 84.1 cm³/mol. The second-order valence-electron chi connectivity index (χ2n) is 5.66. The van der Waals surface area contributed by atoms with Crippen molar-refractivity contribution < 1.29 is 4.74 Å². The quantitative estimate of drug-likeness (QED) is 0.912. The number of hydrogen-bond donors (Lipinski definition) is 1. The molecule has 106 valence electrons. The summed E-state index contributed by atoms with van der Waals surface area (Å²) >= 11 is 0. The van der Waals surface area contributed by atoms with Crippen LogP contribution in [0.5, 0.6) is 0 Å². The highest BCUT2D eigenvalue weighted by atomic mass is 16.5. The fourth-order valence-electron chi connectivity index (χ4n) is 3.17. The maximum Gasteiger partial charge on any atom is 0.0726 e. The first-order valence-corrected chi connectivity index (χ1v) is 7.30. The van der Waals surface area contributed by atoms with Crippen LogP contribution in [-0.2, 0) is 11.3 Å². The van der Waals surface area contributed by atoms with Crippen LogP contribution in [0.2, 0.25) is 0 Å². The molecule has 2 aromatic carbocycles. The van der Waals surface area contributed by atoms with Gasteiger partial charge in [-0.05, 0) is 30.9 Å². The van der Waals surface area contributed by atoms with Crippen molar-refractivity contribution in [1.29, 1.82) is 0 Å². The van der Waals surface area contributed by atoms with Crippen LogP contribution in [0, 0.1) is 0 Å². The van der Waals surface area contributed by atoms with Gasteiger partial charge in [0.2, 0.25) is 0 Å². The number of hydrogen-bond acceptors (Lipinski definition) is 3. The van der Waals surface area contributed by atoms with Crippen molar-refractivity contribution in [3.63, 3.8) is 0 Å². The maximum atomic E-state index is 5.85. The van der Waals surface area contributed by atoms with Crippen LogP contribution in [0.25, 0.3) is 10.8 Å². The Morgan fingerprint density at radius 3 is 2.35 bits per heavy atom. The number of nitrogens with two attached hydrogens (primary N) is 1. The molecule has 0 radical (unpaired) electrons. The van der Waals surface area contributed by atoms with Gasteiger partial charge in [-0.25, -0.2) is 0 Å². The number of nitrogens with zero attached hydrogens (tertiary/aromatic N) is 1. The molecule has 0 unspecified atom stereocenters. The van der Waals surface area contributed by atoms with Gasteiger partial charge in [-0.3, -0.25) is 0 Å². The molecular weight excluding hydrogens is 248 g/mol. The minimum absolute atomic E-state index is 0.270. The number of morpholine rings is 1. The summed E-state index contributed by atoms with van der Waals surface area (Å²) in [6.07, 6.45) is 0.540. The highest BCUT2D eigenvalue weighted by Gasteiger charge is 2.23. The molecular formula is C17H22N2O. The van der Waals surface area contributed by atoms with Crippen molar-refractivity contribution in [3.8, 4) is 0 Å². The lowest BCUT2D eigenvalue weighted by Crippen LogP contribution is -2.45. The first-order chi connectivity index (χ1) is 9.69. The minimum Gasteiger partial charge on any atom is -0.372 e. The van der Waals surface area contributed by atoms with Crippen molar-refractivity contribution in [2.75, 3.05) is 18.0 Å². The molecule has 3 nitrogen and oxygen atoms in total. The van der Waals surface area contributed by atoms with Crippen LogP contribution >= 0.6 is 0 Å². The molecule has 2 N–H and O–H groups in total. The Bertz CT molecular complexity index is 601. The summed E-state index contributed by atoms with van der Waals surface area (Å²) in [6, 6.07) is 12.9. The van der Waals surface area contributed by atoms with Gasteiger partial charge >= 0.3 is 0 Å². The normalized spacial score (nSPS) is 23.2. The van der Waals surface area contributed by atoms with Crippen molar-refractivity contribution in [2.45, 2.75) is 32.6 Å². The average molecular weight is 270 g/mol. The summed E-state index contributed by atoms with van der Waals surface area (Å²) in [6.45, 7) is 6.74. The maximum absolute atomic E-state index is 5.85. The van der Waals surface area contributed by atoms with Gasteiger partial charge < -0.3 is 15.4 Å². The van der Waals surface area contributed by atoms with Gasteiger partial charge in [-0.2, -0.15) is 0 Å². The zero-order chi connectivity index (χ0) is 14.1. The van der Waals surface area contributed by atoms with E-state index in [0.717, 1.165) is 13.1 Å². The topological polar surface area (TPSA) is 38.5 Å². The molecule has 0 saturated carbocycles. The summed E-state index contributed by atoms with van der Waals surface area (Å²) in [5.41, 5.74) is 8.35. The van der Waals surface area contributed by atoms with Gasteiger partial charge in [0, 0.05) is 30.7 Å². The molecule has 3 heteroatoms. The third-order valence-corrected chi connectivity index (χ3v) is 3.97. The number of rotatable bonds is 2. The SMILES string of the molecule is C[C@@H]1CN(c2ccc(CN)c3ccccc23)C[C@H](C)O1. The smallest absolute Gasteiger partial charge is 0.0726 e. The van der Waals surface area contributed by atoms with Crippen LogP contribution in [0.1, 0.15) is 19.4 Å². The van der Waals surface area contributed by atoms with Crippen LogP contribution < -0.4 is 10.6 Å². The summed E-state index contributed by atoms with van der Waals surface area (Å²) < 4.78 is 5.83. The van der Waals surface area contributed by atoms with E-state index in [1.807, 2.05) is 0 Å². The summed E-state index contributed by atoms with van der Waals surface area (Å²) in [5.74, 6) is 0. The molecule has 20 heavy (non-hydrogen) atoms. The zero-order valence-electron chi connectivity index (χ0n) is 12.2. The van der Waals surface area contributed by atoms with Crippen molar-refractivity contribution in [3.05, 3.63) is 42.0 Å². The molecule has 2 aromatic rings. The minimum atomic E-state index is 0.270. The Morgan fingerprint density at radius 2 is 1.70 bits per heavy atom. The van der Waals surface area contributed by atoms with Gasteiger partial charge in [0.1, 0.15) is 0 Å². The molecule has 0 spiro atoms. The largest absolute Gasteiger partial charge is 0.372 e. The molecule has 1 aliphatic rings. The third kappa shape index (κ3) is 2.39. The van der Waals surface area contributed by atoms with E-state index in [9.17, 15) is 0 Å². The molecule has 1 aliphatic heterocycles. The van der Waals surface area contributed by atoms with Crippen LogP contribution in [0.4, 0.5) is 5.69 Å². The molecule has 0 aromatic heterocycles. The predicted octanol–water partition coefficient (Wildman–Crippen LogP) is 2.91. The molecule has 0 aliphatic carbocycles. The van der Waals surface area contributed by atoms with E-state index in [1.165, 1.54) is 22.0 Å². The van der Waals surface area contributed by atoms with Crippen LogP contribution in [0.15, 0.2) is 36.4 Å². The lowest BCUT2D eigenvalue weighted by molar-refractivity contribution is -0.00513. The Balaban J connectivity index is 2.08. The monoisotopic (exact) mass is 270 g/mol. The van der Waals surface area contributed by atoms with Crippen molar-refractivity contribution in [2.24, 2.45) is 5.73 Å². The Kier molecular flexibility index (Phi) is 3.64. The molecule has 0 amide bonds. The summed E-state index contributed by atoms with van der Waals surface area (Å²) in [5, 5.41) is 2.55. The summed E-state index contributed by atoms with van der Waals surface area (Å²) in [4.78, 5) is 2.43. The fraction of sp³-hybridized carbons (Fsp3) is 0.412. The van der Waals surface area contributed by atoms with E-state index in [2.05, 4.69) is 55.1 Å². The van der Waals surface area contributed by atoms with E-state index < -0.39 is 0 Å².